The van der Waals surface area contributed by atoms with Gasteiger partial charge in [0.05, 0.1) is 23.9 Å². The molecule has 1 amide bonds. The van der Waals surface area contributed by atoms with Gasteiger partial charge in [0, 0.05) is 39.4 Å². The molecule has 0 aromatic carbocycles. The van der Waals surface area contributed by atoms with Crippen molar-refractivity contribution in [2.45, 2.75) is 12.1 Å². The van der Waals surface area contributed by atoms with Gasteiger partial charge in [-0.25, -0.2) is 0 Å². The number of rotatable bonds is 3. The summed E-state index contributed by atoms with van der Waals surface area (Å²) in [5, 5.41) is 13.0. The maximum absolute atomic E-state index is 11.3. The number of nitrogens with zero attached hydrogens (tertiary/aromatic N) is 5. The van der Waals surface area contributed by atoms with Gasteiger partial charge in [0.25, 0.3) is 0 Å². The summed E-state index contributed by atoms with van der Waals surface area (Å²) in [7, 11) is 1.81. The molecule has 0 radical (unpaired) electrons. The third-order valence-electron chi connectivity index (χ3n) is 3.85. The molecule has 7 nitrogen and oxygen atoms in total. The van der Waals surface area contributed by atoms with Crippen molar-refractivity contribution in [1.29, 1.82) is 5.26 Å². The number of hydrogen-bond donors (Lipinski definition) is 0. The van der Waals surface area contributed by atoms with Crippen LogP contribution in [-0.4, -0.2) is 71.4 Å². The molecule has 1 unspecified atom stereocenters. The smallest absolute Gasteiger partial charge is 0.248 e. The fraction of sp³-hybridized carbons (Fsp3) is 0.615. The van der Waals surface area contributed by atoms with Crippen LogP contribution in [0.2, 0.25) is 0 Å². The van der Waals surface area contributed by atoms with Crippen LogP contribution in [0.5, 0.6) is 0 Å². The van der Waals surface area contributed by atoms with Crippen molar-refractivity contribution in [3.05, 3.63) is 18.0 Å². The molecule has 106 valence electrons. The summed E-state index contributed by atoms with van der Waals surface area (Å²) in [5.41, 5.74) is 0.596. The van der Waals surface area contributed by atoms with Gasteiger partial charge in [-0.15, -0.1) is 0 Å². The highest BCUT2D eigenvalue weighted by atomic mass is 16.5. The minimum Gasteiger partial charge on any atom is -0.365 e. The second-order valence-corrected chi connectivity index (χ2v) is 5.40. The van der Waals surface area contributed by atoms with E-state index in [2.05, 4.69) is 16.1 Å². The molecule has 7 heteroatoms. The Morgan fingerprint density at radius 1 is 1.50 bits per heavy atom. The van der Waals surface area contributed by atoms with Crippen LogP contribution in [0.25, 0.3) is 0 Å². The van der Waals surface area contributed by atoms with Crippen molar-refractivity contribution < 1.29 is 9.53 Å². The summed E-state index contributed by atoms with van der Waals surface area (Å²) in [6, 6.07) is 2.42. The van der Waals surface area contributed by atoms with Gasteiger partial charge in [-0.2, -0.15) is 10.4 Å². The minimum absolute atomic E-state index is 0.0447. The molecule has 3 rings (SSSR count). The topological polar surface area (TPSA) is 74.4 Å². The van der Waals surface area contributed by atoms with Crippen molar-refractivity contribution >= 4 is 5.91 Å². The fourth-order valence-electron chi connectivity index (χ4n) is 2.61. The number of carbonyl (C=O) groups excluding carboxylic acids is 1. The zero-order valence-corrected chi connectivity index (χ0v) is 11.4. The van der Waals surface area contributed by atoms with E-state index in [9.17, 15) is 4.79 Å². The highest BCUT2D eigenvalue weighted by molar-refractivity contribution is 5.77. The first-order valence-electron chi connectivity index (χ1n) is 6.68. The molecule has 1 aromatic rings. The molecule has 0 spiro atoms. The van der Waals surface area contributed by atoms with E-state index < -0.39 is 0 Å². The van der Waals surface area contributed by atoms with E-state index in [1.807, 2.05) is 11.7 Å². The van der Waals surface area contributed by atoms with Crippen LogP contribution in [0.3, 0.4) is 0 Å². The summed E-state index contributed by atoms with van der Waals surface area (Å²) in [6.45, 7) is 3.48. The van der Waals surface area contributed by atoms with E-state index >= 15 is 0 Å². The number of likely N-dealkylation sites (N-methyl/N-ethyl adjacent to an activating group) is 1. The number of ether oxygens (including phenoxy) is 1. The molecule has 0 bridgehead atoms. The number of likely N-dealkylation sites (tertiary alicyclic amines) is 1. The molecular formula is C13H17N5O2. The van der Waals surface area contributed by atoms with Crippen LogP contribution < -0.4 is 0 Å². The van der Waals surface area contributed by atoms with Crippen molar-refractivity contribution in [1.82, 2.24) is 19.6 Å². The summed E-state index contributed by atoms with van der Waals surface area (Å²) >= 11 is 0. The van der Waals surface area contributed by atoms with Gasteiger partial charge in [0.1, 0.15) is 12.7 Å². The Hall–Kier alpha value is -1.91. The Morgan fingerprint density at radius 2 is 2.30 bits per heavy atom. The first-order chi connectivity index (χ1) is 9.65. The molecule has 20 heavy (non-hydrogen) atoms. The monoisotopic (exact) mass is 275 g/mol. The summed E-state index contributed by atoms with van der Waals surface area (Å²) in [5.74, 6) is 0.0447. The molecule has 1 aromatic heterocycles. The van der Waals surface area contributed by atoms with E-state index in [4.69, 9.17) is 10.00 Å². The van der Waals surface area contributed by atoms with Crippen LogP contribution in [0.1, 0.15) is 11.6 Å². The van der Waals surface area contributed by atoms with Crippen LogP contribution in [-0.2, 0) is 9.53 Å². The zero-order valence-electron chi connectivity index (χ0n) is 11.4. The zero-order chi connectivity index (χ0) is 14.1. The van der Waals surface area contributed by atoms with Gasteiger partial charge in [-0.3, -0.25) is 14.4 Å². The maximum Gasteiger partial charge on any atom is 0.248 e. The van der Waals surface area contributed by atoms with Gasteiger partial charge < -0.3 is 9.64 Å². The standard InChI is InChI=1S/C13H17N5O2/c1-16-7-12(20-9-13(16)19)8-17-5-11(6-17)18-4-10(2-14)3-15-18/h3-4,11-12H,5-9H2,1H3. The van der Waals surface area contributed by atoms with Gasteiger partial charge in [-0.1, -0.05) is 0 Å². The molecule has 2 aliphatic heterocycles. The SMILES string of the molecule is CN1CC(CN2CC(n3cc(C#N)cn3)C2)OCC1=O. The van der Waals surface area contributed by atoms with Gasteiger partial charge in [0.15, 0.2) is 0 Å². The molecule has 2 saturated heterocycles. The average molecular weight is 275 g/mol. The lowest BCUT2D eigenvalue weighted by Crippen LogP contribution is -2.55. The molecule has 0 saturated carbocycles. The third kappa shape index (κ3) is 2.53. The summed E-state index contributed by atoms with van der Waals surface area (Å²) in [6.07, 6.45) is 3.46. The number of amides is 1. The third-order valence-corrected chi connectivity index (χ3v) is 3.85. The van der Waals surface area contributed by atoms with Crippen molar-refractivity contribution in [2.24, 2.45) is 0 Å². The van der Waals surface area contributed by atoms with Crippen LogP contribution in [0.15, 0.2) is 12.4 Å². The second kappa shape index (κ2) is 5.23. The van der Waals surface area contributed by atoms with E-state index in [0.717, 1.165) is 19.6 Å². The first-order valence-corrected chi connectivity index (χ1v) is 6.68. The number of carbonyl (C=O) groups is 1. The fourth-order valence-corrected chi connectivity index (χ4v) is 2.61. The number of nitriles is 1. The molecule has 2 fully saturated rings. The van der Waals surface area contributed by atoms with Crippen LogP contribution >= 0.6 is 0 Å². The van der Waals surface area contributed by atoms with E-state index in [1.54, 1.807) is 17.3 Å². The quantitative estimate of drug-likeness (QED) is 0.741. The Kier molecular flexibility index (Phi) is 3.42. The lowest BCUT2D eigenvalue weighted by atomic mass is 10.1. The van der Waals surface area contributed by atoms with Gasteiger partial charge in [-0.05, 0) is 0 Å². The molecule has 2 aliphatic rings. The van der Waals surface area contributed by atoms with E-state index in [-0.39, 0.29) is 18.6 Å². The summed E-state index contributed by atoms with van der Waals surface area (Å²) in [4.78, 5) is 15.3. The lowest BCUT2D eigenvalue weighted by molar-refractivity contribution is -0.148. The maximum atomic E-state index is 11.3. The van der Waals surface area contributed by atoms with Crippen LogP contribution in [0.4, 0.5) is 0 Å². The molecule has 1 atom stereocenters. The average Bonchev–Trinajstić information content (AvgIpc) is 2.86. The predicted octanol–water partition coefficient (Wildman–Crippen LogP) is -0.531. The van der Waals surface area contributed by atoms with E-state index in [1.165, 1.54) is 0 Å². The van der Waals surface area contributed by atoms with Gasteiger partial charge in [0.2, 0.25) is 5.91 Å². The Bertz CT molecular complexity index is 543. The Morgan fingerprint density at radius 3 is 2.95 bits per heavy atom. The second-order valence-electron chi connectivity index (χ2n) is 5.40. The number of morpholine rings is 1. The van der Waals surface area contributed by atoms with Crippen molar-refractivity contribution in [3.63, 3.8) is 0 Å². The predicted molar refractivity (Wildman–Crippen MR) is 69.8 cm³/mol. The van der Waals surface area contributed by atoms with Crippen molar-refractivity contribution in [2.75, 3.05) is 39.8 Å². The number of aromatic nitrogens is 2. The lowest BCUT2D eigenvalue weighted by Gasteiger charge is -2.42. The minimum atomic E-state index is 0.0447. The van der Waals surface area contributed by atoms with E-state index in [0.29, 0.717) is 18.2 Å². The normalized spacial score (nSPS) is 24.5. The van der Waals surface area contributed by atoms with Crippen molar-refractivity contribution in [3.8, 4) is 6.07 Å². The van der Waals surface area contributed by atoms with Crippen LogP contribution in [0, 0.1) is 11.3 Å². The number of hydrogen-bond acceptors (Lipinski definition) is 5. The summed E-state index contributed by atoms with van der Waals surface area (Å²) < 4.78 is 7.38. The largest absolute Gasteiger partial charge is 0.365 e. The molecule has 0 N–H and O–H groups in total. The molecular weight excluding hydrogens is 258 g/mol. The molecule has 3 heterocycles. The first kappa shape index (κ1) is 13.1. The Labute approximate surface area is 117 Å². The highest BCUT2D eigenvalue weighted by Crippen LogP contribution is 2.21. The Balaban J connectivity index is 1.46. The molecule has 0 aliphatic carbocycles. The highest BCUT2D eigenvalue weighted by Gasteiger charge is 2.32. The van der Waals surface area contributed by atoms with Gasteiger partial charge >= 0.3 is 0 Å².